The van der Waals surface area contributed by atoms with Crippen LogP contribution in [0.1, 0.15) is 29.5 Å². The van der Waals surface area contributed by atoms with Crippen LogP contribution in [0.3, 0.4) is 0 Å². The Kier molecular flexibility index (Phi) is 6.94. The fourth-order valence-corrected chi connectivity index (χ4v) is 4.41. The molecule has 8 nitrogen and oxygen atoms in total. The molecule has 0 aliphatic carbocycles. The molecule has 1 aromatic carbocycles. The molecule has 0 saturated heterocycles. The molecule has 1 amide bonds. The number of aromatic nitrogens is 3. The molecule has 3 aromatic rings. The summed E-state index contributed by atoms with van der Waals surface area (Å²) in [7, 11) is 7.29. The van der Waals surface area contributed by atoms with Crippen LogP contribution >= 0.6 is 11.3 Å². The highest BCUT2D eigenvalue weighted by Crippen LogP contribution is 2.40. The number of carbonyl (C=O) groups excluding carboxylic acids is 1. The second-order valence-corrected chi connectivity index (χ2v) is 8.22. The third-order valence-corrected chi connectivity index (χ3v) is 5.88. The minimum Gasteiger partial charge on any atom is -0.495 e. The average Bonchev–Trinajstić information content (AvgIpc) is 3.33. The highest BCUT2D eigenvalue weighted by Gasteiger charge is 2.26. The Balaban J connectivity index is 2.06. The molecular weight excluding hydrogens is 402 g/mol. The van der Waals surface area contributed by atoms with Crippen molar-refractivity contribution in [2.24, 2.45) is 0 Å². The zero-order valence-corrected chi connectivity index (χ0v) is 19.2. The molecule has 0 aliphatic heterocycles. The fraction of sp³-hybridized carbons (Fsp3) is 0.476. The van der Waals surface area contributed by atoms with Crippen molar-refractivity contribution in [2.45, 2.75) is 26.8 Å². The molecular formula is C21H29N5O3S. The zero-order chi connectivity index (χ0) is 21.8. The number of methoxy groups -OCH3 is 2. The maximum atomic E-state index is 13.6. The Labute approximate surface area is 181 Å². The Morgan fingerprint density at radius 1 is 1.17 bits per heavy atom. The molecule has 2 aromatic heterocycles. The van der Waals surface area contributed by atoms with Crippen LogP contribution in [-0.2, 0) is 6.54 Å². The minimum absolute atomic E-state index is 0.104. The molecule has 0 saturated carbocycles. The molecule has 0 spiro atoms. The van der Waals surface area contributed by atoms with Crippen molar-refractivity contribution >= 4 is 32.6 Å². The van der Waals surface area contributed by atoms with Crippen molar-refractivity contribution in [2.75, 3.05) is 46.3 Å². The number of aryl methyl sites for hydroxylation is 2. The predicted molar refractivity (Wildman–Crippen MR) is 120 cm³/mol. The Morgan fingerprint density at radius 3 is 2.50 bits per heavy atom. The van der Waals surface area contributed by atoms with Gasteiger partial charge >= 0.3 is 0 Å². The molecule has 3 rings (SSSR count). The number of anilines is 1. The maximum absolute atomic E-state index is 13.6. The predicted octanol–water partition coefficient (Wildman–Crippen LogP) is 3.44. The Morgan fingerprint density at radius 2 is 1.87 bits per heavy atom. The molecule has 9 heteroatoms. The molecule has 0 radical (unpaired) electrons. The molecule has 0 atom stereocenters. The zero-order valence-electron chi connectivity index (χ0n) is 18.4. The number of hydrogen-bond donors (Lipinski definition) is 0. The SMILES string of the molecule is CCn1nc(C)cc1C(=O)N(CCCN(C)C)c1nc2c(OC)ccc(OC)c2s1. The summed E-state index contributed by atoms with van der Waals surface area (Å²) in [6.07, 6.45) is 0.822. The van der Waals surface area contributed by atoms with Crippen LogP contribution in [0.4, 0.5) is 5.13 Å². The highest BCUT2D eigenvalue weighted by molar-refractivity contribution is 7.22. The minimum atomic E-state index is -0.104. The van der Waals surface area contributed by atoms with Gasteiger partial charge in [0.05, 0.1) is 19.9 Å². The van der Waals surface area contributed by atoms with Crippen molar-refractivity contribution in [3.05, 3.63) is 29.6 Å². The lowest BCUT2D eigenvalue weighted by Crippen LogP contribution is -2.34. The first-order valence-electron chi connectivity index (χ1n) is 9.92. The second-order valence-electron chi connectivity index (χ2n) is 7.24. The largest absolute Gasteiger partial charge is 0.495 e. The van der Waals surface area contributed by atoms with Gasteiger partial charge in [-0.3, -0.25) is 14.4 Å². The third-order valence-electron chi connectivity index (χ3n) is 4.78. The molecule has 0 N–H and O–H groups in total. The smallest absolute Gasteiger partial charge is 0.278 e. The van der Waals surface area contributed by atoms with Gasteiger partial charge in [0.15, 0.2) is 5.13 Å². The van der Waals surface area contributed by atoms with Gasteiger partial charge in [-0.2, -0.15) is 5.10 Å². The number of rotatable bonds is 9. The molecule has 30 heavy (non-hydrogen) atoms. The molecule has 0 unspecified atom stereocenters. The first kappa shape index (κ1) is 22.0. The highest BCUT2D eigenvalue weighted by atomic mass is 32.1. The van der Waals surface area contributed by atoms with Gasteiger partial charge in [-0.05, 0) is 59.1 Å². The summed E-state index contributed by atoms with van der Waals surface area (Å²) in [5.74, 6) is 1.27. The quantitative estimate of drug-likeness (QED) is 0.517. The van der Waals surface area contributed by atoms with E-state index in [1.165, 1.54) is 11.3 Å². The van der Waals surface area contributed by atoms with E-state index in [4.69, 9.17) is 14.5 Å². The molecule has 0 fully saturated rings. The number of ether oxygens (including phenoxy) is 2. The fourth-order valence-electron chi connectivity index (χ4n) is 3.32. The van der Waals surface area contributed by atoms with E-state index >= 15 is 0 Å². The van der Waals surface area contributed by atoms with Crippen molar-refractivity contribution < 1.29 is 14.3 Å². The first-order valence-corrected chi connectivity index (χ1v) is 10.7. The standard InChI is InChI=1S/C21H29N5O3S/c1-7-26-15(13-14(2)23-26)20(27)25(12-8-11-24(3)4)21-22-18-16(28-5)9-10-17(29-6)19(18)30-21/h9-10,13H,7-8,11-12H2,1-6H3. The molecule has 162 valence electrons. The number of nitrogens with zero attached hydrogens (tertiary/aromatic N) is 5. The van der Waals surface area contributed by atoms with Crippen molar-refractivity contribution in [3.63, 3.8) is 0 Å². The number of carbonyl (C=O) groups is 1. The topological polar surface area (TPSA) is 72.7 Å². The number of hydrogen-bond acceptors (Lipinski definition) is 7. The summed E-state index contributed by atoms with van der Waals surface area (Å²) < 4.78 is 13.6. The van der Waals surface area contributed by atoms with Crippen LogP contribution in [0.5, 0.6) is 11.5 Å². The van der Waals surface area contributed by atoms with Gasteiger partial charge in [-0.1, -0.05) is 11.3 Å². The van der Waals surface area contributed by atoms with Crippen molar-refractivity contribution in [1.29, 1.82) is 0 Å². The van der Waals surface area contributed by atoms with Crippen LogP contribution < -0.4 is 14.4 Å². The summed E-state index contributed by atoms with van der Waals surface area (Å²) in [5, 5.41) is 5.06. The van der Waals surface area contributed by atoms with Gasteiger partial charge in [-0.15, -0.1) is 0 Å². The van der Waals surface area contributed by atoms with Gasteiger partial charge in [-0.25, -0.2) is 4.98 Å². The number of amides is 1. The van der Waals surface area contributed by atoms with E-state index in [1.807, 2.05) is 46.1 Å². The Bertz CT molecular complexity index is 986. The van der Waals surface area contributed by atoms with Crippen LogP contribution in [0, 0.1) is 6.92 Å². The van der Waals surface area contributed by atoms with Gasteiger partial charge in [0.25, 0.3) is 5.91 Å². The van der Waals surface area contributed by atoms with E-state index in [0.717, 1.165) is 23.4 Å². The third kappa shape index (κ3) is 4.41. The maximum Gasteiger partial charge on any atom is 0.278 e. The number of benzene rings is 1. The van der Waals surface area contributed by atoms with Gasteiger partial charge < -0.3 is 14.4 Å². The van der Waals surface area contributed by atoms with E-state index in [2.05, 4.69) is 10.00 Å². The second kappa shape index (κ2) is 9.44. The molecule has 0 aliphatic rings. The van der Waals surface area contributed by atoms with Crippen LogP contribution in [0.2, 0.25) is 0 Å². The number of thiazole rings is 1. The summed E-state index contributed by atoms with van der Waals surface area (Å²) in [5.41, 5.74) is 2.08. The monoisotopic (exact) mass is 431 g/mol. The van der Waals surface area contributed by atoms with E-state index < -0.39 is 0 Å². The summed E-state index contributed by atoms with van der Waals surface area (Å²) >= 11 is 1.43. The van der Waals surface area contributed by atoms with Gasteiger partial charge in [0.2, 0.25) is 0 Å². The van der Waals surface area contributed by atoms with E-state index in [1.54, 1.807) is 23.8 Å². The van der Waals surface area contributed by atoms with Crippen molar-refractivity contribution in [1.82, 2.24) is 19.7 Å². The lowest BCUT2D eigenvalue weighted by atomic mass is 10.3. The van der Waals surface area contributed by atoms with E-state index in [-0.39, 0.29) is 5.91 Å². The molecule has 2 heterocycles. The van der Waals surface area contributed by atoms with Gasteiger partial charge in [0.1, 0.15) is 27.4 Å². The van der Waals surface area contributed by atoms with E-state index in [9.17, 15) is 4.79 Å². The van der Waals surface area contributed by atoms with Gasteiger partial charge in [0, 0.05) is 13.1 Å². The first-order chi connectivity index (χ1) is 14.4. The van der Waals surface area contributed by atoms with Crippen LogP contribution in [-0.4, -0.2) is 67.0 Å². The Hall–Kier alpha value is -2.65. The normalized spacial score (nSPS) is 11.3. The average molecular weight is 432 g/mol. The lowest BCUT2D eigenvalue weighted by molar-refractivity contribution is 0.0975. The van der Waals surface area contributed by atoms with Crippen molar-refractivity contribution in [3.8, 4) is 11.5 Å². The summed E-state index contributed by atoms with van der Waals surface area (Å²) in [6.45, 7) is 5.92. The summed E-state index contributed by atoms with van der Waals surface area (Å²) in [6, 6.07) is 5.52. The van der Waals surface area contributed by atoms with Crippen LogP contribution in [0.15, 0.2) is 18.2 Å². The lowest BCUT2D eigenvalue weighted by Gasteiger charge is -2.21. The van der Waals surface area contributed by atoms with Crippen LogP contribution in [0.25, 0.3) is 10.2 Å². The number of fused-ring (bicyclic) bond motifs is 1. The summed E-state index contributed by atoms with van der Waals surface area (Å²) in [4.78, 5) is 22.2. The molecule has 0 bridgehead atoms. The van der Waals surface area contributed by atoms with E-state index in [0.29, 0.717) is 40.9 Å².